The average molecular weight is 289 g/mol. The fraction of sp³-hybridized carbons (Fsp3) is 0.611. The van der Waals surface area contributed by atoms with Gasteiger partial charge in [-0.1, -0.05) is 13.0 Å². The van der Waals surface area contributed by atoms with Crippen LogP contribution in [0.15, 0.2) is 18.7 Å². The first-order valence-corrected chi connectivity index (χ1v) is 7.87. The van der Waals surface area contributed by atoms with Gasteiger partial charge in [-0.2, -0.15) is 0 Å². The Labute approximate surface area is 130 Å². The van der Waals surface area contributed by atoms with Crippen molar-refractivity contribution < 1.29 is 0 Å². The highest BCUT2D eigenvalue weighted by molar-refractivity contribution is 5.53. The van der Waals surface area contributed by atoms with E-state index in [1.54, 1.807) is 0 Å². The number of aryl methyl sites for hydroxylation is 2. The molecule has 0 saturated heterocycles. The zero-order valence-electron chi connectivity index (χ0n) is 14.6. The van der Waals surface area contributed by atoms with E-state index in [9.17, 15) is 0 Å². The van der Waals surface area contributed by atoms with Gasteiger partial charge in [0.2, 0.25) is 0 Å². The molecule has 0 aliphatic heterocycles. The predicted octanol–water partition coefficient (Wildman–Crippen LogP) is 3.99. The van der Waals surface area contributed by atoms with Crippen LogP contribution in [0.5, 0.6) is 0 Å². The smallest absolute Gasteiger partial charge is 0.134 e. The van der Waals surface area contributed by atoms with Crippen LogP contribution in [-0.4, -0.2) is 23.6 Å². The molecule has 0 amide bonds. The second-order valence-corrected chi connectivity index (χ2v) is 6.63. The van der Waals surface area contributed by atoms with Gasteiger partial charge in [0.05, 0.1) is 0 Å². The molecule has 1 heterocycles. The van der Waals surface area contributed by atoms with E-state index in [1.807, 2.05) is 6.08 Å². The molecule has 3 heteroatoms. The summed E-state index contributed by atoms with van der Waals surface area (Å²) in [6, 6.07) is 2.17. The van der Waals surface area contributed by atoms with Gasteiger partial charge in [-0.15, -0.1) is 6.58 Å². The summed E-state index contributed by atoms with van der Waals surface area (Å²) in [7, 11) is 0. The molecule has 118 valence electrons. The average Bonchev–Trinajstić information content (AvgIpc) is 2.37. The summed E-state index contributed by atoms with van der Waals surface area (Å²) in [6.07, 6.45) is 3.09. The first-order valence-electron chi connectivity index (χ1n) is 7.87. The quantitative estimate of drug-likeness (QED) is 0.607. The fourth-order valence-electron chi connectivity index (χ4n) is 2.48. The van der Waals surface area contributed by atoms with E-state index in [1.165, 1.54) is 11.1 Å². The summed E-state index contributed by atoms with van der Waals surface area (Å²) in [5.74, 6) is 1.09. The molecule has 1 aromatic heterocycles. The van der Waals surface area contributed by atoms with Crippen molar-refractivity contribution in [2.45, 2.75) is 60.0 Å². The highest BCUT2D eigenvalue weighted by Crippen LogP contribution is 2.28. The first kappa shape index (κ1) is 17.7. The third-order valence-corrected chi connectivity index (χ3v) is 3.56. The van der Waals surface area contributed by atoms with Gasteiger partial charge in [0, 0.05) is 29.9 Å². The van der Waals surface area contributed by atoms with Crippen LogP contribution < -0.4 is 10.2 Å². The number of hydrogen-bond donors (Lipinski definition) is 1. The number of pyridine rings is 1. The molecular weight excluding hydrogens is 258 g/mol. The van der Waals surface area contributed by atoms with Gasteiger partial charge in [0.1, 0.15) is 5.82 Å². The number of rotatable bonds is 7. The van der Waals surface area contributed by atoms with Crippen LogP contribution in [-0.2, 0) is 6.54 Å². The molecule has 0 fully saturated rings. The van der Waals surface area contributed by atoms with Crippen LogP contribution in [0.4, 0.5) is 5.82 Å². The molecule has 0 aliphatic carbocycles. The molecule has 21 heavy (non-hydrogen) atoms. The van der Waals surface area contributed by atoms with Gasteiger partial charge in [-0.25, -0.2) is 4.98 Å². The monoisotopic (exact) mass is 289 g/mol. The van der Waals surface area contributed by atoms with Gasteiger partial charge >= 0.3 is 0 Å². The molecule has 3 nitrogen and oxygen atoms in total. The van der Waals surface area contributed by atoms with Crippen molar-refractivity contribution >= 4 is 5.82 Å². The summed E-state index contributed by atoms with van der Waals surface area (Å²) < 4.78 is 0. The van der Waals surface area contributed by atoms with Gasteiger partial charge in [-0.3, -0.25) is 0 Å². The van der Waals surface area contributed by atoms with E-state index in [0.717, 1.165) is 37.6 Å². The normalized spacial score (nSPS) is 11.5. The Morgan fingerprint density at radius 2 is 2.00 bits per heavy atom. The molecule has 1 rings (SSSR count). The maximum absolute atomic E-state index is 4.84. The highest BCUT2D eigenvalue weighted by Gasteiger charge is 2.25. The molecule has 0 saturated carbocycles. The van der Waals surface area contributed by atoms with Crippen molar-refractivity contribution in [3.63, 3.8) is 0 Å². The minimum Gasteiger partial charge on any atom is -0.348 e. The van der Waals surface area contributed by atoms with Crippen molar-refractivity contribution in [1.82, 2.24) is 10.3 Å². The molecule has 0 bridgehead atoms. The predicted molar refractivity (Wildman–Crippen MR) is 93.0 cm³/mol. The molecular formula is C18H31N3. The lowest BCUT2D eigenvalue weighted by Crippen LogP contribution is -2.43. The zero-order chi connectivity index (χ0) is 16.0. The van der Waals surface area contributed by atoms with Crippen LogP contribution in [0.1, 0.15) is 50.9 Å². The summed E-state index contributed by atoms with van der Waals surface area (Å²) in [5, 5.41) is 3.51. The fourth-order valence-corrected chi connectivity index (χ4v) is 2.48. The summed E-state index contributed by atoms with van der Waals surface area (Å²) >= 11 is 0. The van der Waals surface area contributed by atoms with Gasteiger partial charge < -0.3 is 10.2 Å². The summed E-state index contributed by atoms with van der Waals surface area (Å²) in [6.45, 7) is 19.7. The third kappa shape index (κ3) is 4.85. The van der Waals surface area contributed by atoms with E-state index in [0.29, 0.717) is 0 Å². The van der Waals surface area contributed by atoms with E-state index >= 15 is 0 Å². The second-order valence-electron chi connectivity index (χ2n) is 6.63. The molecule has 0 spiro atoms. The summed E-state index contributed by atoms with van der Waals surface area (Å²) in [5.41, 5.74) is 3.69. The van der Waals surface area contributed by atoms with Crippen molar-refractivity contribution in [3.8, 4) is 0 Å². The van der Waals surface area contributed by atoms with Crippen molar-refractivity contribution in [2.75, 3.05) is 18.0 Å². The van der Waals surface area contributed by atoms with Crippen LogP contribution in [0.3, 0.4) is 0 Å². The Morgan fingerprint density at radius 3 is 2.52 bits per heavy atom. The number of nitrogens with zero attached hydrogens (tertiary/aromatic N) is 2. The van der Waals surface area contributed by atoms with Crippen molar-refractivity contribution in [3.05, 3.63) is 35.5 Å². The molecule has 0 aromatic carbocycles. The number of hydrogen-bond acceptors (Lipinski definition) is 3. The molecule has 1 N–H and O–H groups in total. The standard InChI is InChI=1S/C18H31N3/c1-8-10-19-13-16-14(3)12-15(4)20-17(16)21(11-9-2)18(5,6)7/h9,12,19H,2,8,10-11,13H2,1,3-7H3. The largest absolute Gasteiger partial charge is 0.348 e. The topological polar surface area (TPSA) is 28.2 Å². The maximum atomic E-state index is 4.84. The first-order chi connectivity index (χ1) is 9.81. The van der Waals surface area contributed by atoms with Crippen molar-refractivity contribution in [1.29, 1.82) is 0 Å². The highest BCUT2D eigenvalue weighted by atomic mass is 15.2. The van der Waals surface area contributed by atoms with Crippen LogP contribution in [0, 0.1) is 13.8 Å². The van der Waals surface area contributed by atoms with Crippen LogP contribution in [0.25, 0.3) is 0 Å². The Kier molecular flexibility index (Phi) is 6.41. The maximum Gasteiger partial charge on any atom is 0.134 e. The molecule has 0 unspecified atom stereocenters. The van der Waals surface area contributed by atoms with E-state index in [-0.39, 0.29) is 5.54 Å². The number of nitrogens with one attached hydrogen (secondary N) is 1. The second kappa shape index (κ2) is 7.60. The Morgan fingerprint density at radius 1 is 1.33 bits per heavy atom. The Hall–Kier alpha value is -1.35. The van der Waals surface area contributed by atoms with Crippen LogP contribution >= 0.6 is 0 Å². The Balaban J connectivity index is 3.26. The molecule has 1 aromatic rings. The van der Waals surface area contributed by atoms with Crippen LogP contribution in [0.2, 0.25) is 0 Å². The van der Waals surface area contributed by atoms with E-state index < -0.39 is 0 Å². The molecule has 0 atom stereocenters. The van der Waals surface area contributed by atoms with Gasteiger partial charge in [0.15, 0.2) is 0 Å². The van der Waals surface area contributed by atoms with E-state index in [2.05, 4.69) is 64.4 Å². The number of aromatic nitrogens is 1. The lowest BCUT2D eigenvalue weighted by molar-refractivity contribution is 0.513. The van der Waals surface area contributed by atoms with Crippen molar-refractivity contribution in [2.24, 2.45) is 0 Å². The molecule has 0 radical (unpaired) electrons. The number of anilines is 1. The molecule has 0 aliphatic rings. The Bertz CT molecular complexity index is 472. The minimum atomic E-state index is 0.0148. The van der Waals surface area contributed by atoms with Gasteiger partial charge in [-0.05, 0) is 59.2 Å². The van der Waals surface area contributed by atoms with E-state index in [4.69, 9.17) is 4.98 Å². The third-order valence-electron chi connectivity index (χ3n) is 3.56. The van der Waals surface area contributed by atoms with Gasteiger partial charge in [0.25, 0.3) is 0 Å². The lowest BCUT2D eigenvalue weighted by atomic mass is 10.0. The minimum absolute atomic E-state index is 0.0148. The summed E-state index contributed by atoms with van der Waals surface area (Å²) in [4.78, 5) is 7.17. The lowest BCUT2D eigenvalue weighted by Gasteiger charge is -2.37. The SMILES string of the molecule is C=CCN(c1nc(C)cc(C)c1CNCCC)C(C)(C)C. The zero-order valence-corrected chi connectivity index (χ0v) is 14.6.